The molecule has 0 saturated carbocycles. The van der Waals surface area contributed by atoms with Crippen LogP contribution in [0.5, 0.6) is 5.75 Å². The van der Waals surface area contributed by atoms with Gasteiger partial charge in [-0.2, -0.15) is 0 Å². The van der Waals surface area contributed by atoms with Crippen LogP contribution < -0.4 is 4.74 Å². The Balaban J connectivity index is 1.95. The maximum absolute atomic E-state index is 9.73. The smallest absolute Gasteiger partial charge is 0.145 e. The SMILES string of the molecule is OC(COc1ccccc1Br)c1ccco1. The zero-order valence-corrected chi connectivity index (χ0v) is 10.1. The molecule has 1 unspecified atom stereocenters. The Hall–Kier alpha value is -1.26. The molecule has 1 aromatic carbocycles. The number of ether oxygens (including phenoxy) is 1. The Kier molecular flexibility index (Phi) is 3.64. The molecule has 0 aliphatic heterocycles. The number of benzene rings is 1. The van der Waals surface area contributed by atoms with Gasteiger partial charge in [-0.3, -0.25) is 0 Å². The van der Waals surface area contributed by atoms with Crippen LogP contribution in [-0.2, 0) is 0 Å². The molecule has 1 aromatic heterocycles. The van der Waals surface area contributed by atoms with E-state index in [0.717, 1.165) is 4.47 Å². The highest BCUT2D eigenvalue weighted by Gasteiger charge is 2.11. The van der Waals surface area contributed by atoms with E-state index in [-0.39, 0.29) is 6.61 Å². The summed E-state index contributed by atoms with van der Waals surface area (Å²) in [6.45, 7) is 0.163. The molecular formula is C12H11BrO3. The zero-order valence-electron chi connectivity index (χ0n) is 8.47. The number of para-hydroxylation sites is 1. The lowest BCUT2D eigenvalue weighted by Gasteiger charge is -2.11. The van der Waals surface area contributed by atoms with Gasteiger partial charge in [-0.1, -0.05) is 12.1 Å². The summed E-state index contributed by atoms with van der Waals surface area (Å²) in [6.07, 6.45) is 0.777. The Bertz CT molecular complexity index is 439. The van der Waals surface area contributed by atoms with Crippen LogP contribution in [0.15, 0.2) is 51.6 Å². The van der Waals surface area contributed by atoms with E-state index in [4.69, 9.17) is 9.15 Å². The quantitative estimate of drug-likeness (QED) is 0.937. The third-order valence-corrected chi connectivity index (χ3v) is 2.76. The molecule has 0 fully saturated rings. The normalized spacial score (nSPS) is 12.4. The molecule has 1 heterocycles. The van der Waals surface area contributed by atoms with Crippen molar-refractivity contribution in [3.8, 4) is 5.75 Å². The maximum atomic E-state index is 9.73. The predicted octanol–water partition coefficient (Wildman–Crippen LogP) is 3.15. The average Bonchev–Trinajstić information content (AvgIpc) is 2.81. The van der Waals surface area contributed by atoms with Crippen LogP contribution in [0.2, 0.25) is 0 Å². The molecular weight excluding hydrogens is 272 g/mol. The van der Waals surface area contributed by atoms with E-state index in [1.807, 2.05) is 24.3 Å². The van der Waals surface area contributed by atoms with E-state index < -0.39 is 6.10 Å². The van der Waals surface area contributed by atoms with Crippen molar-refractivity contribution in [1.82, 2.24) is 0 Å². The fraction of sp³-hybridized carbons (Fsp3) is 0.167. The van der Waals surface area contributed by atoms with Crippen LogP contribution in [0, 0.1) is 0 Å². The molecule has 0 saturated heterocycles. The molecule has 2 rings (SSSR count). The Labute approximate surface area is 102 Å². The van der Waals surface area contributed by atoms with E-state index in [9.17, 15) is 5.11 Å². The molecule has 16 heavy (non-hydrogen) atoms. The highest BCUT2D eigenvalue weighted by molar-refractivity contribution is 9.10. The molecule has 3 nitrogen and oxygen atoms in total. The van der Waals surface area contributed by atoms with Gasteiger partial charge in [-0.15, -0.1) is 0 Å². The van der Waals surface area contributed by atoms with Crippen molar-refractivity contribution in [2.24, 2.45) is 0 Å². The lowest BCUT2D eigenvalue weighted by Crippen LogP contribution is -2.08. The number of hydrogen-bond acceptors (Lipinski definition) is 3. The van der Waals surface area contributed by atoms with Gasteiger partial charge in [0.25, 0.3) is 0 Å². The Morgan fingerprint density at radius 3 is 2.75 bits per heavy atom. The topological polar surface area (TPSA) is 42.6 Å². The molecule has 0 aliphatic rings. The van der Waals surface area contributed by atoms with Crippen molar-refractivity contribution in [1.29, 1.82) is 0 Å². The summed E-state index contributed by atoms with van der Waals surface area (Å²) in [5.74, 6) is 1.21. The van der Waals surface area contributed by atoms with Gasteiger partial charge in [0.1, 0.15) is 24.2 Å². The van der Waals surface area contributed by atoms with Crippen LogP contribution in [0.4, 0.5) is 0 Å². The first kappa shape index (κ1) is 11.2. The molecule has 0 radical (unpaired) electrons. The first-order chi connectivity index (χ1) is 7.77. The second kappa shape index (κ2) is 5.18. The van der Waals surface area contributed by atoms with Crippen molar-refractivity contribution < 1.29 is 14.3 Å². The number of rotatable bonds is 4. The van der Waals surface area contributed by atoms with E-state index in [2.05, 4.69) is 15.9 Å². The van der Waals surface area contributed by atoms with Gasteiger partial charge >= 0.3 is 0 Å². The van der Waals surface area contributed by atoms with E-state index in [0.29, 0.717) is 11.5 Å². The van der Waals surface area contributed by atoms with Crippen LogP contribution in [0.1, 0.15) is 11.9 Å². The largest absolute Gasteiger partial charge is 0.489 e. The summed E-state index contributed by atoms with van der Waals surface area (Å²) < 4.78 is 11.4. The maximum Gasteiger partial charge on any atom is 0.145 e. The molecule has 1 atom stereocenters. The van der Waals surface area contributed by atoms with Gasteiger partial charge in [0.2, 0.25) is 0 Å². The summed E-state index contributed by atoms with van der Waals surface area (Å²) in [5, 5.41) is 9.73. The van der Waals surface area contributed by atoms with Crippen LogP contribution >= 0.6 is 15.9 Å². The minimum atomic E-state index is -0.748. The highest BCUT2D eigenvalue weighted by Crippen LogP contribution is 2.25. The standard InChI is InChI=1S/C12H11BrO3/c13-9-4-1-2-5-11(9)16-8-10(14)12-6-3-7-15-12/h1-7,10,14H,8H2. The van der Waals surface area contributed by atoms with Gasteiger partial charge in [-0.05, 0) is 40.2 Å². The van der Waals surface area contributed by atoms with Crippen molar-refractivity contribution in [3.05, 3.63) is 52.9 Å². The number of aliphatic hydroxyl groups is 1. The van der Waals surface area contributed by atoms with Crippen LogP contribution in [-0.4, -0.2) is 11.7 Å². The van der Waals surface area contributed by atoms with Crippen molar-refractivity contribution >= 4 is 15.9 Å². The third kappa shape index (κ3) is 2.65. The molecule has 4 heteroatoms. The number of hydrogen-bond donors (Lipinski definition) is 1. The minimum absolute atomic E-state index is 0.163. The van der Waals surface area contributed by atoms with E-state index in [1.54, 1.807) is 12.1 Å². The monoisotopic (exact) mass is 282 g/mol. The average molecular weight is 283 g/mol. The molecule has 0 spiro atoms. The summed E-state index contributed by atoms with van der Waals surface area (Å²) in [4.78, 5) is 0. The fourth-order valence-electron chi connectivity index (χ4n) is 1.29. The van der Waals surface area contributed by atoms with Crippen molar-refractivity contribution in [2.75, 3.05) is 6.61 Å². The summed E-state index contributed by atoms with van der Waals surface area (Å²) in [5.41, 5.74) is 0. The van der Waals surface area contributed by atoms with Gasteiger partial charge in [-0.25, -0.2) is 0 Å². The molecule has 0 bridgehead atoms. The predicted molar refractivity (Wildman–Crippen MR) is 63.3 cm³/mol. The van der Waals surface area contributed by atoms with Gasteiger partial charge in [0.05, 0.1) is 10.7 Å². The summed E-state index contributed by atoms with van der Waals surface area (Å²) >= 11 is 3.37. The second-order valence-electron chi connectivity index (χ2n) is 3.27. The zero-order chi connectivity index (χ0) is 11.4. The van der Waals surface area contributed by atoms with Crippen LogP contribution in [0.3, 0.4) is 0 Å². The number of furan rings is 1. The lowest BCUT2D eigenvalue weighted by atomic mass is 10.3. The Morgan fingerprint density at radius 1 is 1.25 bits per heavy atom. The molecule has 84 valence electrons. The molecule has 1 N–H and O–H groups in total. The molecule has 0 amide bonds. The lowest BCUT2D eigenvalue weighted by molar-refractivity contribution is 0.0885. The highest BCUT2D eigenvalue weighted by atomic mass is 79.9. The minimum Gasteiger partial charge on any atom is -0.489 e. The fourth-order valence-corrected chi connectivity index (χ4v) is 1.69. The van der Waals surface area contributed by atoms with Gasteiger partial charge < -0.3 is 14.3 Å². The van der Waals surface area contributed by atoms with Crippen LogP contribution in [0.25, 0.3) is 0 Å². The first-order valence-electron chi connectivity index (χ1n) is 4.86. The molecule has 0 aliphatic carbocycles. The number of halogens is 1. The van der Waals surface area contributed by atoms with Crippen molar-refractivity contribution in [3.63, 3.8) is 0 Å². The van der Waals surface area contributed by atoms with Gasteiger partial charge in [0.15, 0.2) is 0 Å². The van der Waals surface area contributed by atoms with E-state index >= 15 is 0 Å². The molecule has 2 aromatic rings. The summed E-state index contributed by atoms with van der Waals surface area (Å²) in [6, 6.07) is 10.9. The number of aliphatic hydroxyl groups excluding tert-OH is 1. The summed E-state index contributed by atoms with van der Waals surface area (Å²) in [7, 11) is 0. The van der Waals surface area contributed by atoms with Gasteiger partial charge in [0, 0.05) is 0 Å². The first-order valence-corrected chi connectivity index (χ1v) is 5.65. The Morgan fingerprint density at radius 2 is 2.06 bits per heavy atom. The van der Waals surface area contributed by atoms with Crippen molar-refractivity contribution in [2.45, 2.75) is 6.10 Å². The van der Waals surface area contributed by atoms with E-state index in [1.165, 1.54) is 6.26 Å². The third-order valence-electron chi connectivity index (χ3n) is 2.10. The second-order valence-corrected chi connectivity index (χ2v) is 4.13.